The number of rotatable bonds is 1. The van der Waals surface area contributed by atoms with Crippen molar-refractivity contribution in [1.29, 1.82) is 5.26 Å². The standard InChI is InChI=1S/C15H22N4/c1-15(2,3)19-8-6-18(7-9-19)14-10-12(11-16)4-5-13(14)17/h4-5,10H,6-9,17H2,1-3H3. The predicted octanol–water partition coefficient (Wildman–Crippen LogP) is 2.06. The fourth-order valence-corrected chi connectivity index (χ4v) is 2.51. The Balaban J connectivity index is 2.12. The summed E-state index contributed by atoms with van der Waals surface area (Å²) in [5.74, 6) is 0. The highest BCUT2D eigenvalue weighted by atomic mass is 15.3. The van der Waals surface area contributed by atoms with E-state index in [1.54, 1.807) is 6.07 Å². The zero-order chi connectivity index (χ0) is 14.0. The van der Waals surface area contributed by atoms with Crippen molar-refractivity contribution < 1.29 is 0 Å². The molecule has 0 unspecified atom stereocenters. The molecule has 2 N–H and O–H groups in total. The Morgan fingerprint density at radius 2 is 1.79 bits per heavy atom. The molecule has 0 amide bonds. The van der Waals surface area contributed by atoms with Crippen molar-refractivity contribution in [2.24, 2.45) is 0 Å². The Morgan fingerprint density at radius 3 is 2.32 bits per heavy atom. The molecule has 19 heavy (non-hydrogen) atoms. The maximum Gasteiger partial charge on any atom is 0.0992 e. The van der Waals surface area contributed by atoms with Crippen molar-refractivity contribution in [3.05, 3.63) is 23.8 Å². The van der Waals surface area contributed by atoms with Gasteiger partial charge in [0, 0.05) is 31.7 Å². The Bertz CT molecular complexity index is 488. The summed E-state index contributed by atoms with van der Waals surface area (Å²) in [6, 6.07) is 7.66. The van der Waals surface area contributed by atoms with Crippen LogP contribution < -0.4 is 10.6 Å². The summed E-state index contributed by atoms with van der Waals surface area (Å²) in [7, 11) is 0. The SMILES string of the molecule is CC(C)(C)N1CCN(c2cc(C#N)ccc2N)CC1. The van der Waals surface area contributed by atoms with Crippen LogP contribution in [-0.4, -0.2) is 36.6 Å². The van der Waals surface area contributed by atoms with Crippen LogP contribution in [0.3, 0.4) is 0 Å². The van der Waals surface area contributed by atoms with Crippen molar-refractivity contribution in [2.75, 3.05) is 36.8 Å². The van der Waals surface area contributed by atoms with Crippen molar-refractivity contribution in [3.8, 4) is 6.07 Å². The first kappa shape index (κ1) is 13.7. The first-order chi connectivity index (χ1) is 8.91. The van der Waals surface area contributed by atoms with E-state index >= 15 is 0 Å². The van der Waals surface area contributed by atoms with Crippen molar-refractivity contribution in [2.45, 2.75) is 26.3 Å². The fraction of sp³-hybridized carbons (Fsp3) is 0.533. The molecular weight excluding hydrogens is 236 g/mol. The van der Waals surface area contributed by atoms with Gasteiger partial charge in [-0.1, -0.05) is 0 Å². The van der Waals surface area contributed by atoms with Crippen molar-refractivity contribution in [1.82, 2.24) is 4.90 Å². The number of nitrogens with two attached hydrogens (primary N) is 1. The number of nitriles is 1. The lowest BCUT2D eigenvalue weighted by Gasteiger charge is -2.43. The van der Waals surface area contributed by atoms with Gasteiger partial charge in [0.05, 0.1) is 23.0 Å². The molecule has 0 aromatic heterocycles. The van der Waals surface area contributed by atoms with Gasteiger partial charge in [-0.25, -0.2) is 0 Å². The molecule has 1 heterocycles. The van der Waals surface area contributed by atoms with Crippen molar-refractivity contribution >= 4 is 11.4 Å². The smallest absolute Gasteiger partial charge is 0.0992 e. The molecule has 1 aliphatic heterocycles. The molecule has 2 rings (SSSR count). The molecule has 1 aromatic carbocycles. The molecule has 1 fully saturated rings. The highest BCUT2D eigenvalue weighted by Crippen LogP contribution is 2.26. The monoisotopic (exact) mass is 258 g/mol. The molecule has 0 atom stereocenters. The molecular formula is C15H22N4. The molecule has 1 aromatic rings. The third kappa shape index (κ3) is 2.99. The molecule has 4 nitrogen and oxygen atoms in total. The normalized spacial score (nSPS) is 17.3. The van der Waals surface area contributed by atoms with E-state index in [9.17, 15) is 0 Å². The van der Waals surface area contributed by atoms with Crippen LogP contribution in [0.25, 0.3) is 0 Å². The summed E-state index contributed by atoms with van der Waals surface area (Å²) in [5.41, 5.74) is 8.66. The summed E-state index contributed by atoms with van der Waals surface area (Å²) >= 11 is 0. The summed E-state index contributed by atoms with van der Waals surface area (Å²) in [6.45, 7) is 10.7. The molecule has 0 spiro atoms. The maximum absolute atomic E-state index is 8.98. The minimum Gasteiger partial charge on any atom is -0.397 e. The second-order valence-electron chi connectivity index (χ2n) is 6.03. The largest absolute Gasteiger partial charge is 0.397 e. The Kier molecular flexibility index (Phi) is 3.68. The van der Waals surface area contributed by atoms with Crippen LogP contribution in [0, 0.1) is 11.3 Å². The van der Waals surface area contributed by atoms with E-state index in [-0.39, 0.29) is 5.54 Å². The van der Waals surface area contributed by atoms with Crippen LogP contribution in [-0.2, 0) is 0 Å². The zero-order valence-electron chi connectivity index (χ0n) is 12.0. The molecule has 0 aliphatic carbocycles. The van der Waals surface area contributed by atoms with Crippen LogP contribution >= 0.6 is 0 Å². The second-order valence-corrected chi connectivity index (χ2v) is 6.03. The van der Waals surface area contributed by atoms with Gasteiger partial charge < -0.3 is 10.6 Å². The average Bonchev–Trinajstić information content (AvgIpc) is 2.38. The van der Waals surface area contributed by atoms with Gasteiger partial charge in [-0.05, 0) is 39.0 Å². The average molecular weight is 258 g/mol. The lowest BCUT2D eigenvalue weighted by atomic mass is 10.0. The number of nitrogen functional groups attached to an aromatic ring is 1. The fourth-order valence-electron chi connectivity index (χ4n) is 2.51. The molecule has 0 saturated carbocycles. The van der Waals surface area contributed by atoms with Gasteiger partial charge >= 0.3 is 0 Å². The number of benzene rings is 1. The van der Waals surface area contributed by atoms with E-state index in [0.29, 0.717) is 5.56 Å². The minimum atomic E-state index is 0.214. The first-order valence-electron chi connectivity index (χ1n) is 6.71. The number of nitrogens with zero attached hydrogens (tertiary/aromatic N) is 3. The topological polar surface area (TPSA) is 56.3 Å². The van der Waals surface area contributed by atoms with Gasteiger partial charge in [0.1, 0.15) is 0 Å². The van der Waals surface area contributed by atoms with Gasteiger partial charge in [0.15, 0.2) is 0 Å². The third-order valence-corrected chi connectivity index (χ3v) is 3.73. The summed E-state index contributed by atoms with van der Waals surface area (Å²) in [5, 5.41) is 8.98. The van der Waals surface area contributed by atoms with Crippen LogP contribution in [0.4, 0.5) is 11.4 Å². The summed E-state index contributed by atoms with van der Waals surface area (Å²) < 4.78 is 0. The van der Waals surface area contributed by atoms with Crippen LogP contribution in [0.15, 0.2) is 18.2 Å². The van der Waals surface area contributed by atoms with Gasteiger partial charge in [-0.15, -0.1) is 0 Å². The van der Waals surface area contributed by atoms with Crippen LogP contribution in [0.2, 0.25) is 0 Å². The quantitative estimate of drug-likeness (QED) is 0.783. The molecule has 1 saturated heterocycles. The Labute approximate surface area is 115 Å². The first-order valence-corrected chi connectivity index (χ1v) is 6.71. The lowest BCUT2D eigenvalue weighted by molar-refractivity contribution is 0.128. The molecule has 0 radical (unpaired) electrons. The highest BCUT2D eigenvalue weighted by Gasteiger charge is 2.26. The number of anilines is 2. The van der Waals surface area contributed by atoms with E-state index in [2.05, 4.69) is 36.6 Å². The molecule has 0 bridgehead atoms. The van der Waals surface area contributed by atoms with Gasteiger partial charge in [-0.2, -0.15) is 5.26 Å². The summed E-state index contributed by atoms with van der Waals surface area (Å²) in [6.07, 6.45) is 0. The van der Waals surface area contributed by atoms with E-state index in [4.69, 9.17) is 11.0 Å². The van der Waals surface area contributed by atoms with E-state index in [1.165, 1.54) is 0 Å². The van der Waals surface area contributed by atoms with E-state index in [1.807, 2.05) is 12.1 Å². The van der Waals surface area contributed by atoms with Gasteiger partial charge in [0.25, 0.3) is 0 Å². The molecule has 4 heteroatoms. The number of piperazine rings is 1. The lowest BCUT2D eigenvalue weighted by Crippen LogP contribution is -2.53. The molecule has 102 valence electrons. The second kappa shape index (κ2) is 5.10. The Hall–Kier alpha value is -1.73. The highest BCUT2D eigenvalue weighted by molar-refractivity contribution is 5.69. The summed E-state index contributed by atoms with van der Waals surface area (Å²) in [4.78, 5) is 4.76. The van der Waals surface area contributed by atoms with Gasteiger partial charge in [-0.3, -0.25) is 4.90 Å². The number of hydrogen-bond donors (Lipinski definition) is 1. The van der Waals surface area contributed by atoms with Crippen molar-refractivity contribution in [3.63, 3.8) is 0 Å². The minimum absolute atomic E-state index is 0.214. The number of hydrogen-bond acceptors (Lipinski definition) is 4. The van der Waals surface area contributed by atoms with E-state index < -0.39 is 0 Å². The van der Waals surface area contributed by atoms with Gasteiger partial charge in [0.2, 0.25) is 0 Å². The Morgan fingerprint density at radius 1 is 1.16 bits per heavy atom. The van der Waals surface area contributed by atoms with Crippen LogP contribution in [0.1, 0.15) is 26.3 Å². The van der Waals surface area contributed by atoms with E-state index in [0.717, 1.165) is 37.6 Å². The maximum atomic E-state index is 8.98. The predicted molar refractivity (Wildman–Crippen MR) is 79.1 cm³/mol. The molecule has 1 aliphatic rings. The third-order valence-electron chi connectivity index (χ3n) is 3.73. The zero-order valence-corrected chi connectivity index (χ0v) is 12.0. The van der Waals surface area contributed by atoms with Crippen LogP contribution in [0.5, 0.6) is 0 Å².